The molecule has 1 aromatic heterocycles. The minimum Gasteiger partial charge on any atom is -0.352 e. The van der Waals surface area contributed by atoms with Crippen LogP contribution in [0.25, 0.3) is 11.0 Å². The SMILES string of the molecule is CNCCCNC(=O)c1cc(F)cc2[nH]cnc12. The van der Waals surface area contributed by atoms with Crippen molar-refractivity contribution in [3.05, 3.63) is 29.8 Å². The first-order valence-electron chi connectivity index (χ1n) is 5.78. The fourth-order valence-electron chi connectivity index (χ4n) is 1.75. The lowest BCUT2D eigenvalue weighted by Crippen LogP contribution is -2.26. The number of fused-ring (bicyclic) bond motifs is 1. The number of aromatic nitrogens is 2. The van der Waals surface area contributed by atoms with E-state index < -0.39 is 5.82 Å². The highest BCUT2D eigenvalue weighted by molar-refractivity contribution is 6.04. The van der Waals surface area contributed by atoms with Crippen LogP contribution in [0.4, 0.5) is 4.39 Å². The third kappa shape index (κ3) is 2.65. The maximum absolute atomic E-state index is 13.3. The number of benzene rings is 1. The number of H-pyrrole nitrogens is 1. The number of halogens is 1. The third-order valence-electron chi connectivity index (χ3n) is 2.62. The Labute approximate surface area is 104 Å². The Balaban J connectivity index is 2.14. The molecule has 0 bridgehead atoms. The number of imidazole rings is 1. The second-order valence-electron chi connectivity index (χ2n) is 3.97. The summed E-state index contributed by atoms with van der Waals surface area (Å²) in [5.41, 5.74) is 1.27. The van der Waals surface area contributed by atoms with Crippen LogP contribution in [0.5, 0.6) is 0 Å². The van der Waals surface area contributed by atoms with Gasteiger partial charge in [-0.05, 0) is 32.1 Å². The predicted molar refractivity (Wildman–Crippen MR) is 66.9 cm³/mol. The van der Waals surface area contributed by atoms with Crippen molar-refractivity contribution >= 4 is 16.9 Å². The Kier molecular flexibility index (Phi) is 3.88. The highest BCUT2D eigenvalue weighted by Crippen LogP contribution is 2.16. The minimum atomic E-state index is -0.452. The summed E-state index contributed by atoms with van der Waals surface area (Å²) in [4.78, 5) is 18.7. The van der Waals surface area contributed by atoms with Crippen molar-refractivity contribution in [2.75, 3.05) is 20.1 Å². The molecular formula is C12H15FN4O. The summed E-state index contributed by atoms with van der Waals surface area (Å²) in [7, 11) is 1.85. The van der Waals surface area contributed by atoms with Gasteiger partial charge in [-0.2, -0.15) is 0 Å². The van der Waals surface area contributed by atoms with Crippen molar-refractivity contribution in [2.24, 2.45) is 0 Å². The van der Waals surface area contributed by atoms with E-state index in [0.717, 1.165) is 13.0 Å². The largest absolute Gasteiger partial charge is 0.352 e. The summed E-state index contributed by atoms with van der Waals surface area (Å²) in [5.74, 6) is -0.755. The Morgan fingerprint density at radius 3 is 3.06 bits per heavy atom. The van der Waals surface area contributed by atoms with E-state index in [1.807, 2.05) is 7.05 Å². The maximum Gasteiger partial charge on any atom is 0.253 e. The lowest BCUT2D eigenvalue weighted by Gasteiger charge is -2.05. The molecule has 6 heteroatoms. The van der Waals surface area contributed by atoms with E-state index in [1.165, 1.54) is 18.5 Å². The molecule has 0 aliphatic rings. The normalized spacial score (nSPS) is 10.8. The third-order valence-corrected chi connectivity index (χ3v) is 2.62. The lowest BCUT2D eigenvalue weighted by atomic mass is 10.1. The molecule has 0 saturated carbocycles. The number of hydrogen-bond donors (Lipinski definition) is 3. The second kappa shape index (κ2) is 5.59. The Hall–Kier alpha value is -1.95. The molecule has 0 unspecified atom stereocenters. The van der Waals surface area contributed by atoms with Gasteiger partial charge < -0.3 is 15.6 Å². The van der Waals surface area contributed by atoms with E-state index in [4.69, 9.17) is 0 Å². The topological polar surface area (TPSA) is 69.8 Å². The van der Waals surface area contributed by atoms with Crippen molar-refractivity contribution in [3.63, 3.8) is 0 Å². The highest BCUT2D eigenvalue weighted by atomic mass is 19.1. The van der Waals surface area contributed by atoms with Crippen molar-refractivity contribution < 1.29 is 9.18 Å². The van der Waals surface area contributed by atoms with Crippen LogP contribution in [0.3, 0.4) is 0 Å². The summed E-state index contributed by atoms with van der Waals surface area (Å²) in [6.45, 7) is 1.36. The van der Waals surface area contributed by atoms with Crippen LogP contribution >= 0.6 is 0 Å². The van der Waals surface area contributed by atoms with Crippen LogP contribution in [0, 0.1) is 5.82 Å². The standard InChI is InChI=1S/C12H15FN4O/c1-14-3-2-4-15-12(18)9-5-8(13)6-10-11(9)17-7-16-10/h5-7,14H,2-4H2,1H3,(H,15,18)(H,16,17). The molecule has 0 saturated heterocycles. The first-order chi connectivity index (χ1) is 8.72. The van der Waals surface area contributed by atoms with Crippen LogP contribution in [-0.4, -0.2) is 36.0 Å². The van der Waals surface area contributed by atoms with Crippen molar-refractivity contribution in [1.82, 2.24) is 20.6 Å². The molecule has 0 spiro atoms. The van der Waals surface area contributed by atoms with Gasteiger partial charge in [-0.15, -0.1) is 0 Å². The van der Waals surface area contributed by atoms with E-state index in [-0.39, 0.29) is 11.5 Å². The van der Waals surface area contributed by atoms with E-state index in [2.05, 4.69) is 20.6 Å². The van der Waals surface area contributed by atoms with Gasteiger partial charge in [0, 0.05) is 6.54 Å². The fraction of sp³-hybridized carbons (Fsp3) is 0.333. The molecule has 1 aromatic carbocycles. The number of nitrogens with one attached hydrogen (secondary N) is 3. The number of hydrogen-bond acceptors (Lipinski definition) is 3. The minimum absolute atomic E-state index is 0.260. The molecular weight excluding hydrogens is 235 g/mol. The van der Waals surface area contributed by atoms with Crippen LogP contribution in [0.15, 0.2) is 18.5 Å². The van der Waals surface area contributed by atoms with Crippen molar-refractivity contribution in [2.45, 2.75) is 6.42 Å². The molecule has 0 radical (unpaired) electrons. The summed E-state index contributed by atoms with van der Waals surface area (Å²) in [6, 6.07) is 2.52. The van der Waals surface area contributed by atoms with Crippen molar-refractivity contribution in [1.29, 1.82) is 0 Å². The first kappa shape index (κ1) is 12.5. The lowest BCUT2D eigenvalue weighted by molar-refractivity contribution is 0.0954. The quantitative estimate of drug-likeness (QED) is 0.694. The molecule has 2 rings (SSSR count). The van der Waals surface area contributed by atoms with E-state index in [1.54, 1.807) is 0 Å². The van der Waals surface area contributed by atoms with Gasteiger partial charge in [-0.3, -0.25) is 4.79 Å². The van der Waals surface area contributed by atoms with Gasteiger partial charge in [0.15, 0.2) is 0 Å². The van der Waals surface area contributed by atoms with Gasteiger partial charge >= 0.3 is 0 Å². The van der Waals surface area contributed by atoms with Gasteiger partial charge in [0.1, 0.15) is 11.3 Å². The second-order valence-corrected chi connectivity index (χ2v) is 3.97. The highest BCUT2D eigenvalue weighted by Gasteiger charge is 2.13. The summed E-state index contributed by atoms with van der Waals surface area (Å²) < 4.78 is 13.3. The summed E-state index contributed by atoms with van der Waals surface area (Å²) in [6.07, 6.45) is 2.27. The van der Waals surface area contributed by atoms with Gasteiger partial charge in [0.2, 0.25) is 0 Å². The molecule has 96 valence electrons. The van der Waals surface area contributed by atoms with Gasteiger partial charge in [0.05, 0.1) is 17.4 Å². The molecule has 2 aromatic rings. The Morgan fingerprint density at radius 2 is 2.28 bits per heavy atom. The Morgan fingerprint density at radius 1 is 1.44 bits per heavy atom. The number of carbonyl (C=O) groups is 1. The van der Waals surface area contributed by atoms with Crippen LogP contribution < -0.4 is 10.6 Å². The van der Waals surface area contributed by atoms with Crippen LogP contribution in [-0.2, 0) is 0 Å². The zero-order chi connectivity index (χ0) is 13.0. The number of aromatic amines is 1. The molecule has 0 aliphatic heterocycles. The van der Waals surface area contributed by atoms with Crippen molar-refractivity contribution in [3.8, 4) is 0 Å². The van der Waals surface area contributed by atoms with E-state index >= 15 is 0 Å². The first-order valence-corrected chi connectivity index (χ1v) is 5.78. The zero-order valence-corrected chi connectivity index (χ0v) is 10.1. The predicted octanol–water partition coefficient (Wildman–Crippen LogP) is 1.04. The van der Waals surface area contributed by atoms with E-state index in [9.17, 15) is 9.18 Å². The van der Waals surface area contributed by atoms with Gasteiger partial charge in [-0.25, -0.2) is 9.37 Å². The maximum atomic E-state index is 13.3. The zero-order valence-electron chi connectivity index (χ0n) is 10.1. The molecule has 5 nitrogen and oxygen atoms in total. The van der Waals surface area contributed by atoms with Crippen LogP contribution in [0.1, 0.15) is 16.8 Å². The van der Waals surface area contributed by atoms with Crippen LogP contribution in [0.2, 0.25) is 0 Å². The van der Waals surface area contributed by atoms with E-state index in [0.29, 0.717) is 17.6 Å². The number of rotatable bonds is 5. The number of nitrogens with zero attached hydrogens (tertiary/aromatic N) is 1. The fourth-order valence-corrected chi connectivity index (χ4v) is 1.75. The monoisotopic (exact) mass is 250 g/mol. The molecule has 1 heterocycles. The molecule has 18 heavy (non-hydrogen) atoms. The molecule has 1 amide bonds. The average Bonchev–Trinajstić information content (AvgIpc) is 2.81. The molecule has 0 atom stereocenters. The molecule has 0 aliphatic carbocycles. The molecule has 3 N–H and O–H groups in total. The van der Waals surface area contributed by atoms with Gasteiger partial charge in [-0.1, -0.05) is 0 Å². The Bertz CT molecular complexity index is 552. The smallest absolute Gasteiger partial charge is 0.253 e. The van der Waals surface area contributed by atoms with Gasteiger partial charge in [0.25, 0.3) is 5.91 Å². The molecule has 0 fully saturated rings. The summed E-state index contributed by atoms with van der Waals surface area (Å²) in [5, 5.41) is 5.73. The number of amides is 1. The number of carbonyl (C=O) groups excluding carboxylic acids is 1. The average molecular weight is 250 g/mol. The summed E-state index contributed by atoms with van der Waals surface area (Å²) >= 11 is 0.